The van der Waals surface area contributed by atoms with E-state index in [1.807, 2.05) is 0 Å². The highest BCUT2D eigenvalue weighted by atomic mass is 16.6. The molecular formula is C16H18N4O4. The van der Waals surface area contributed by atoms with Gasteiger partial charge in [-0.25, -0.2) is 4.98 Å². The first kappa shape index (κ1) is 17.2. The second-order valence-electron chi connectivity index (χ2n) is 4.89. The van der Waals surface area contributed by atoms with Crippen LogP contribution in [0.5, 0.6) is 5.75 Å². The Kier molecular flexibility index (Phi) is 5.67. The molecule has 0 fully saturated rings. The smallest absolute Gasteiger partial charge is 0.311 e. The number of nitrogens with one attached hydrogen (secondary N) is 1. The van der Waals surface area contributed by atoms with Gasteiger partial charge in [-0.05, 0) is 37.3 Å². The molecule has 0 saturated heterocycles. The summed E-state index contributed by atoms with van der Waals surface area (Å²) in [5.41, 5.74) is 0.490. The highest BCUT2D eigenvalue weighted by Gasteiger charge is 2.21. The van der Waals surface area contributed by atoms with Crippen LogP contribution in [0.2, 0.25) is 0 Å². The third kappa shape index (κ3) is 4.19. The lowest BCUT2D eigenvalue weighted by molar-refractivity contribution is -0.384. The summed E-state index contributed by atoms with van der Waals surface area (Å²) in [5, 5.41) is 13.8. The summed E-state index contributed by atoms with van der Waals surface area (Å²) in [6.45, 7) is 2.17. The van der Waals surface area contributed by atoms with E-state index in [1.54, 1.807) is 43.2 Å². The Labute approximate surface area is 139 Å². The molecule has 0 aliphatic carbocycles. The number of methoxy groups -OCH3 is 1. The van der Waals surface area contributed by atoms with Gasteiger partial charge < -0.3 is 15.0 Å². The van der Waals surface area contributed by atoms with E-state index in [2.05, 4.69) is 10.3 Å². The molecule has 1 N–H and O–H groups in total. The number of ether oxygens (including phenoxy) is 1. The minimum atomic E-state index is -0.508. The first-order valence-electron chi connectivity index (χ1n) is 7.33. The van der Waals surface area contributed by atoms with Crippen molar-refractivity contribution in [2.75, 3.05) is 30.4 Å². The van der Waals surface area contributed by atoms with Crippen molar-refractivity contribution in [2.45, 2.75) is 6.92 Å². The maximum Gasteiger partial charge on any atom is 0.311 e. The van der Waals surface area contributed by atoms with Crippen molar-refractivity contribution < 1.29 is 14.5 Å². The number of nitrogens with zero attached hydrogens (tertiary/aromatic N) is 3. The number of pyridine rings is 1. The van der Waals surface area contributed by atoms with Crippen molar-refractivity contribution >= 4 is 23.1 Å². The van der Waals surface area contributed by atoms with Crippen molar-refractivity contribution in [3.05, 3.63) is 52.7 Å². The number of hydrogen-bond acceptors (Lipinski definition) is 6. The summed E-state index contributed by atoms with van der Waals surface area (Å²) >= 11 is 0. The molecule has 1 heterocycles. The van der Waals surface area contributed by atoms with Crippen molar-refractivity contribution in [2.24, 2.45) is 0 Å². The van der Waals surface area contributed by atoms with Gasteiger partial charge in [0.2, 0.25) is 11.7 Å². The molecule has 0 saturated carbocycles. The fourth-order valence-corrected chi connectivity index (χ4v) is 2.16. The van der Waals surface area contributed by atoms with Gasteiger partial charge in [-0.2, -0.15) is 0 Å². The molecule has 1 amide bonds. The van der Waals surface area contributed by atoms with Crippen molar-refractivity contribution in [3.8, 4) is 5.75 Å². The van der Waals surface area contributed by atoms with E-state index in [0.29, 0.717) is 18.0 Å². The predicted octanol–water partition coefficient (Wildman–Crippen LogP) is 2.46. The Bertz CT molecular complexity index is 718. The maximum absolute atomic E-state index is 12.2. The maximum atomic E-state index is 12.2. The second kappa shape index (κ2) is 7.91. The largest absolute Gasteiger partial charge is 0.497 e. The monoisotopic (exact) mass is 330 g/mol. The molecule has 0 unspecified atom stereocenters. The topological polar surface area (TPSA) is 97.6 Å². The van der Waals surface area contributed by atoms with E-state index in [0.717, 1.165) is 0 Å². The van der Waals surface area contributed by atoms with Gasteiger partial charge in [0.15, 0.2) is 0 Å². The molecule has 0 spiro atoms. The average molecular weight is 330 g/mol. The van der Waals surface area contributed by atoms with Crippen LogP contribution in [-0.2, 0) is 4.79 Å². The van der Waals surface area contributed by atoms with Crippen LogP contribution in [0.25, 0.3) is 0 Å². The number of hydrogen-bond donors (Lipinski definition) is 1. The Morgan fingerprint density at radius 2 is 2.04 bits per heavy atom. The fraction of sp³-hybridized carbons (Fsp3) is 0.250. The predicted molar refractivity (Wildman–Crippen MR) is 90.4 cm³/mol. The first-order valence-corrected chi connectivity index (χ1v) is 7.33. The minimum Gasteiger partial charge on any atom is -0.497 e. The lowest BCUT2D eigenvalue weighted by Gasteiger charge is -2.20. The summed E-state index contributed by atoms with van der Waals surface area (Å²) in [6, 6.07) is 9.76. The van der Waals surface area contributed by atoms with E-state index >= 15 is 0 Å². The molecule has 2 rings (SSSR count). The van der Waals surface area contributed by atoms with Gasteiger partial charge in [0, 0.05) is 24.5 Å². The van der Waals surface area contributed by atoms with Crippen molar-refractivity contribution in [3.63, 3.8) is 0 Å². The molecule has 24 heavy (non-hydrogen) atoms. The molecule has 0 atom stereocenters. The average Bonchev–Trinajstić information content (AvgIpc) is 2.60. The number of benzene rings is 1. The quantitative estimate of drug-likeness (QED) is 0.618. The van der Waals surface area contributed by atoms with Crippen LogP contribution in [0.15, 0.2) is 42.6 Å². The molecular weight excluding hydrogens is 312 g/mol. The van der Waals surface area contributed by atoms with Gasteiger partial charge in [-0.3, -0.25) is 14.9 Å². The van der Waals surface area contributed by atoms with Gasteiger partial charge >= 0.3 is 5.69 Å². The van der Waals surface area contributed by atoms with E-state index < -0.39 is 4.92 Å². The van der Waals surface area contributed by atoms with Gasteiger partial charge in [0.25, 0.3) is 0 Å². The molecule has 0 aliphatic rings. The molecule has 0 aliphatic heterocycles. The van der Waals surface area contributed by atoms with Crippen LogP contribution in [-0.4, -0.2) is 36.0 Å². The van der Waals surface area contributed by atoms with Crippen LogP contribution in [0.1, 0.15) is 6.92 Å². The van der Waals surface area contributed by atoms with E-state index in [4.69, 9.17) is 4.74 Å². The SMILES string of the molecule is CCN(CC(=O)Nc1ccc(OC)cc1)c1ncccc1[N+](=O)[O-]. The summed E-state index contributed by atoms with van der Waals surface area (Å²) in [6.07, 6.45) is 1.46. The number of carbonyl (C=O) groups is 1. The lowest BCUT2D eigenvalue weighted by Crippen LogP contribution is -2.34. The standard InChI is InChI=1S/C16H18N4O4/c1-3-19(16-14(20(22)23)5-4-10-17-16)11-15(21)18-12-6-8-13(24-2)9-7-12/h4-10H,3,11H2,1-2H3,(H,18,21). The Balaban J connectivity index is 2.09. The molecule has 0 bridgehead atoms. The number of anilines is 2. The molecule has 126 valence electrons. The van der Waals surface area contributed by atoms with E-state index in [9.17, 15) is 14.9 Å². The van der Waals surface area contributed by atoms with Gasteiger partial charge in [-0.15, -0.1) is 0 Å². The van der Waals surface area contributed by atoms with E-state index in [-0.39, 0.29) is 24.0 Å². The van der Waals surface area contributed by atoms with Crippen LogP contribution in [0.4, 0.5) is 17.2 Å². The molecule has 0 radical (unpaired) electrons. The molecule has 1 aromatic heterocycles. The second-order valence-corrected chi connectivity index (χ2v) is 4.89. The number of carbonyl (C=O) groups excluding carboxylic acids is 1. The number of likely N-dealkylation sites (N-methyl/N-ethyl adjacent to an activating group) is 1. The Morgan fingerprint density at radius 1 is 1.33 bits per heavy atom. The molecule has 1 aromatic carbocycles. The van der Waals surface area contributed by atoms with Crippen LogP contribution in [0, 0.1) is 10.1 Å². The third-order valence-corrected chi connectivity index (χ3v) is 3.35. The van der Waals surface area contributed by atoms with Crippen molar-refractivity contribution in [1.82, 2.24) is 4.98 Å². The zero-order valence-corrected chi connectivity index (χ0v) is 13.4. The third-order valence-electron chi connectivity index (χ3n) is 3.35. The Morgan fingerprint density at radius 3 is 2.62 bits per heavy atom. The highest BCUT2D eigenvalue weighted by molar-refractivity contribution is 5.94. The fourth-order valence-electron chi connectivity index (χ4n) is 2.16. The minimum absolute atomic E-state index is 0.0413. The number of aromatic nitrogens is 1. The summed E-state index contributed by atoms with van der Waals surface area (Å²) in [5.74, 6) is 0.573. The zero-order chi connectivity index (χ0) is 17.5. The van der Waals surface area contributed by atoms with Crippen LogP contribution in [0.3, 0.4) is 0 Å². The zero-order valence-electron chi connectivity index (χ0n) is 13.4. The van der Waals surface area contributed by atoms with Crippen LogP contribution >= 0.6 is 0 Å². The first-order chi connectivity index (χ1) is 11.5. The summed E-state index contributed by atoms with van der Waals surface area (Å²) in [4.78, 5) is 28.4. The number of rotatable bonds is 7. The lowest BCUT2D eigenvalue weighted by atomic mass is 10.3. The number of amides is 1. The highest BCUT2D eigenvalue weighted by Crippen LogP contribution is 2.24. The van der Waals surface area contributed by atoms with Gasteiger partial charge in [0.05, 0.1) is 18.6 Å². The summed E-state index contributed by atoms with van der Waals surface area (Å²) < 4.78 is 5.06. The molecule has 8 nitrogen and oxygen atoms in total. The van der Waals surface area contributed by atoms with Crippen molar-refractivity contribution in [1.29, 1.82) is 0 Å². The Hall–Kier alpha value is -3.16. The van der Waals surface area contributed by atoms with Gasteiger partial charge in [0.1, 0.15) is 5.75 Å². The normalized spacial score (nSPS) is 10.1. The summed E-state index contributed by atoms with van der Waals surface area (Å²) in [7, 11) is 1.56. The van der Waals surface area contributed by atoms with Crippen LogP contribution < -0.4 is 15.0 Å². The molecule has 2 aromatic rings. The van der Waals surface area contributed by atoms with E-state index in [1.165, 1.54) is 18.3 Å². The van der Waals surface area contributed by atoms with Gasteiger partial charge in [-0.1, -0.05) is 0 Å². The number of nitro groups is 1. The molecule has 8 heteroatoms.